The molecule has 4 heteroatoms. The van der Waals surface area contributed by atoms with Gasteiger partial charge in [-0.3, -0.25) is 4.68 Å². The maximum Gasteiger partial charge on any atom is 0.0895 e. The Morgan fingerprint density at radius 2 is 2.31 bits per heavy atom. The van der Waals surface area contributed by atoms with Gasteiger partial charge in [-0.2, -0.15) is 5.10 Å². The lowest BCUT2D eigenvalue weighted by molar-refractivity contribution is 0.127. The summed E-state index contributed by atoms with van der Waals surface area (Å²) in [6.07, 6.45) is 3.00. The molecule has 0 aliphatic carbocycles. The molecule has 0 bridgehead atoms. The monoisotopic (exact) mass is 294 g/mol. The molecule has 1 aromatic rings. The normalized spacial score (nSPS) is 10.7. The molecule has 0 radical (unpaired) electrons. The molecule has 0 spiro atoms. The molecule has 0 unspecified atom stereocenters. The van der Waals surface area contributed by atoms with Crippen LogP contribution in [0.4, 0.5) is 0 Å². The second-order valence-electron chi connectivity index (χ2n) is 2.80. The third-order valence-electron chi connectivity index (χ3n) is 1.78. The van der Waals surface area contributed by atoms with Crippen molar-refractivity contribution >= 4 is 22.6 Å². The Bertz CT molecular complexity index is 260. The summed E-state index contributed by atoms with van der Waals surface area (Å²) in [4.78, 5) is 0. The van der Waals surface area contributed by atoms with Crippen LogP contribution in [0.1, 0.15) is 26.0 Å². The number of ether oxygens (including phenoxy) is 1. The van der Waals surface area contributed by atoms with Crippen molar-refractivity contribution < 1.29 is 4.74 Å². The fraction of sp³-hybridized carbons (Fsp3) is 0.667. The quantitative estimate of drug-likeness (QED) is 0.780. The first-order chi connectivity index (χ1) is 6.29. The van der Waals surface area contributed by atoms with Crippen LogP contribution in [0.25, 0.3) is 0 Å². The molecule has 74 valence electrons. The first-order valence-corrected chi connectivity index (χ1v) is 5.65. The van der Waals surface area contributed by atoms with Crippen molar-refractivity contribution in [3.05, 3.63) is 15.5 Å². The maximum absolute atomic E-state index is 5.38. The van der Waals surface area contributed by atoms with E-state index in [2.05, 4.69) is 34.6 Å². The van der Waals surface area contributed by atoms with Crippen LogP contribution in [-0.4, -0.2) is 16.4 Å². The van der Waals surface area contributed by atoms with E-state index in [1.54, 1.807) is 0 Å². The molecule has 0 saturated carbocycles. The zero-order valence-corrected chi connectivity index (χ0v) is 10.2. The van der Waals surface area contributed by atoms with E-state index < -0.39 is 0 Å². The standard InChI is InChI=1S/C9H15IN2O/c1-3-5-12-9(7-13-4-2)8(10)6-11-12/h6H,3-5,7H2,1-2H3. The number of aryl methyl sites for hydroxylation is 1. The molecule has 0 aliphatic heterocycles. The Hall–Kier alpha value is -0.100. The number of halogens is 1. The highest BCUT2D eigenvalue weighted by molar-refractivity contribution is 14.1. The van der Waals surface area contributed by atoms with E-state index in [9.17, 15) is 0 Å². The van der Waals surface area contributed by atoms with Gasteiger partial charge in [-0.25, -0.2) is 0 Å². The average molecular weight is 294 g/mol. The van der Waals surface area contributed by atoms with Gasteiger partial charge in [0.05, 0.1) is 22.1 Å². The highest BCUT2D eigenvalue weighted by Crippen LogP contribution is 2.13. The molecule has 1 heterocycles. The van der Waals surface area contributed by atoms with E-state index in [0.29, 0.717) is 6.61 Å². The van der Waals surface area contributed by atoms with Crippen molar-refractivity contribution in [2.45, 2.75) is 33.4 Å². The molecule has 0 aliphatic rings. The topological polar surface area (TPSA) is 27.1 Å². The van der Waals surface area contributed by atoms with Gasteiger partial charge in [0.2, 0.25) is 0 Å². The Labute approximate surface area is 92.6 Å². The summed E-state index contributed by atoms with van der Waals surface area (Å²) in [5.41, 5.74) is 1.20. The Morgan fingerprint density at radius 3 is 2.92 bits per heavy atom. The van der Waals surface area contributed by atoms with Crippen molar-refractivity contribution in [1.82, 2.24) is 9.78 Å². The molecule has 0 aromatic carbocycles. The molecule has 0 N–H and O–H groups in total. The van der Waals surface area contributed by atoms with E-state index in [-0.39, 0.29) is 0 Å². The molecule has 0 atom stereocenters. The molecule has 1 rings (SSSR count). The average Bonchev–Trinajstić information content (AvgIpc) is 2.45. The number of hydrogen-bond donors (Lipinski definition) is 0. The molecule has 13 heavy (non-hydrogen) atoms. The summed E-state index contributed by atoms with van der Waals surface area (Å²) < 4.78 is 8.60. The Morgan fingerprint density at radius 1 is 1.54 bits per heavy atom. The lowest BCUT2D eigenvalue weighted by atomic mass is 10.4. The number of hydrogen-bond acceptors (Lipinski definition) is 2. The van der Waals surface area contributed by atoms with Crippen molar-refractivity contribution in [3.63, 3.8) is 0 Å². The van der Waals surface area contributed by atoms with Crippen LogP contribution in [0.15, 0.2) is 6.20 Å². The molecule has 0 amide bonds. The molecule has 0 saturated heterocycles. The SMILES string of the molecule is CCCn1ncc(I)c1COCC. The minimum absolute atomic E-state index is 0.675. The van der Waals surface area contributed by atoms with Gasteiger partial charge in [-0.1, -0.05) is 6.92 Å². The first-order valence-electron chi connectivity index (χ1n) is 4.57. The van der Waals surface area contributed by atoms with Gasteiger partial charge >= 0.3 is 0 Å². The molecule has 3 nitrogen and oxygen atoms in total. The molecule has 1 aromatic heterocycles. The summed E-state index contributed by atoms with van der Waals surface area (Å²) in [6.45, 7) is 6.57. The minimum Gasteiger partial charge on any atom is -0.375 e. The lowest BCUT2D eigenvalue weighted by Gasteiger charge is -2.06. The summed E-state index contributed by atoms with van der Waals surface area (Å²) in [5.74, 6) is 0. The predicted molar refractivity (Wildman–Crippen MR) is 60.6 cm³/mol. The van der Waals surface area contributed by atoms with Crippen LogP contribution in [0, 0.1) is 3.57 Å². The highest BCUT2D eigenvalue weighted by Gasteiger charge is 2.07. The van der Waals surface area contributed by atoms with Crippen molar-refractivity contribution in [1.29, 1.82) is 0 Å². The summed E-state index contributed by atoms with van der Waals surface area (Å²) in [7, 11) is 0. The predicted octanol–water partition coefficient (Wildman–Crippen LogP) is 2.43. The van der Waals surface area contributed by atoms with Gasteiger partial charge in [-0.05, 0) is 35.9 Å². The fourth-order valence-corrected chi connectivity index (χ4v) is 1.69. The van der Waals surface area contributed by atoms with Crippen LogP contribution in [0.3, 0.4) is 0 Å². The van der Waals surface area contributed by atoms with Gasteiger partial charge in [-0.15, -0.1) is 0 Å². The number of aromatic nitrogens is 2. The van der Waals surface area contributed by atoms with E-state index >= 15 is 0 Å². The van der Waals surface area contributed by atoms with Gasteiger partial charge < -0.3 is 4.74 Å². The van der Waals surface area contributed by atoms with E-state index in [0.717, 1.165) is 19.6 Å². The van der Waals surface area contributed by atoms with Gasteiger partial charge in [0, 0.05) is 13.2 Å². The van der Waals surface area contributed by atoms with Crippen LogP contribution >= 0.6 is 22.6 Å². The minimum atomic E-state index is 0.675. The zero-order chi connectivity index (χ0) is 9.68. The second-order valence-corrected chi connectivity index (χ2v) is 3.96. The molecular formula is C9H15IN2O. The third kappa shape index (κ3) is 2.95. The van der Waals surface area contributed by atoms with Crippen LogP contribution in [-0.2, 0) is 17.9 Å². The Balaban J connectivity index is 2.69. The van der Waals surface area contributed by atoms with Gasteiger partial charge in [0.1, 0.15) is 0 Å². The lowest BCUT2D eigenvalue weighted by Crippen LogP contribution is -2.06. The maximum atomic E-state index is 5.38. The molecular weight excluding hydrogens is 279 g/mol. The largest absolute Gasteiger partial charge is 0.375 e. The summed E-state index contributed by atoms with van der Waals surface area (Å²) >= 11 is 2.30. The van der Waals surface area contributed by atoms with E-state index in [1.807, 2.05) is 17.8 Å². The van der Waals surface area contributed by atoms with Crippen molar-refractivity contribution in [3.8, 4) is 0 Å². The van der Waals surface area contributed by atoms with Gasteiger partial charge in [0.25, 0.3) is 0 Å². The highest BCUT2D eigenvalue weighted by atomic mass is 127. The zero-order valence-electron chi connectivity index (χ0n) is 8.09. The smallest absolute Gasteiger partial charge is 0.0895 e. The van der Waals surface area contributed by atoms with Crippen LogP contribution in [0.2, 0.25) is 0 Å². The van der Waals surface area contributed by atoms with Crippen molar-refractivity contribution in [2.75, 3.05) is 6.61 Å². The number of nitrogens with zero attached hydrogens (tertiary/aromatic N) is 2. The summed E-state index contributed by atoms with van der Waals surface area (Å²) in [5, 5.41) is 4.29. The van der Waals surface area contributed by atoms with E-state index in [4.69, 9.17) is 4.74 Å². The number of rotatable bonds is 5. The van der Waals surface area contributed by atoms with Crippen LogP contribution < -0.4 is 0 Å². The summed E-state index contributed by atoms with van der Waals surface area (Å²) in [6, 6.07) is 0. The molecule has 0 fully saturated rings. The third-order valence-corrected chi connectivity index (χ3v) is 2.68. The van der Waals surface area contributed by atoms with Crippen molar-refractivity contribution in [2.24, 2.45) is 0 Å². The Kier molecular flexibility index (Phi) is 4.72. The van der Waals surface area contributed by atoms with E-state index in [1.165, 1.54) is 9.26 Å². The second kappa shape index (κ2) is 5.59. The van der Waals surface area contributed by atoms with Crippen LogP contribution in [0.5, 0.6) is 0 Å². The fourth-order valence-electron chi connectivity index (χ4n) is 1.13. The first kappa shape index (κ1) is 11.0. The van der Waals surface area contributed by atoms with Gasteiger partial charge in [0.15, 0.2) is 0 Å².